The zero-order valence-electron chi connectivity index (χ0n) is 26.6. The number of rotatable bonds is 13. The summed E-state index contributed by atoms with van der Waals surface area (Å²) >= 11 is 0. The lowest BCUT2D eigenvalue weighted by Gasteiger charge is -2.25. The molecule has 1 aromatic heterocycles. The summed E-state index contributed by atoms with van der Waals surface area (Å²) in [6, 6.07) is 21.8. The Balaban J connectivity index is 1.48. The van der Waals surface area contributed by atoms with E-state index in [1.807, 2.05) is 0 Å². The maximum absolute atomic E-state index is 13.5. The molecule has 15 nitrogen and oxygen atoms in total. The normalized spacial score (nSPS) is 11.7. The van der Waals surface area contributed by atoms with E-state index in [1.54, 1.807) is 60.7 Å². The SMILES string of the molecule is COc1cc(/C=N/Nc2nc(OC(C(F)(F)F)C(F)(F)F)nc(N(c3ccccc3)c3ccccc3)n2)ccc1Oc1ccc([N+](=O)[O-])cc1[N+](=O)[O-]. The molecule has 0 aliphatic rings. The van der Waals surface area contributed by atoms with Crippen molar-refractivity contribution in [3.05, 3.63) is 123 Å². The Labute approximate surface area is 293 Å². The minimum atomic E-state index is -5.88. The molecule has 53 heavy (non-hydrogen) atoms. The van der Waals surface area contributed by atoms with E-state index in [0.717, 1.165) is 24.4 Å². The van der Waals surface area contributed by atoms with Gasteiger partial charge in [0.2, 0.25) is 11.7 Å². The molecule has 0 saturated heterocycles. The third kappa shape index (κ3) is 9.19. The number of hydrogen-bond donors (Lipinski definition) is 1. The second-order valence-electron chi connectivity index (χ2n) is 10.4. The highest BCUT2D eigenvalue weighted by atomic mass is 19.4. The monoisotopic (exact) mass is 744 g/mol. The summed E-state index contributed by atoms with van der Waals surface area (Å²) in [5.41, 5.74) is 2.15. The van der Waals surface area contributed by atoms with Crippen molar-refractivity contribution in [3.63, 3.8) is 0 Å². The minimum Gasteiger partial charge on any atom is -0.493 e. The van der Waals surface area contributed by atoms with Crippen LogP contribution >= 0.6 is 0 Å². The van der Waals surface area contributed by atoms with Gasteiger partial charge in [-0.2, -0.15) is 46.4 Å². The fraction of sp³-hybridized carbons (Fsp3) is 0.125. The summed E-state index contributed by atoms with van der Waals surface area (Å²) in [5, 5.41) is 26.5. The lowest BCUT2D eigenvalue weighted by Crippen LogP contribution is -2.47. The quantitative estimate of drug-likeness (QED) is 0.0528. The van der Waals surface area contributed by atoms with E-state index in [0.29, 0.717) is 11.4 Å². The van der Waals surface area contributed by atoms with Gasteiger partial charge in [0.1, 0.15) is 0 Å². The average Bonchev–Trinajstić information content (AvgIpc) is 3.11. The summed E-state index contributed by atoms with van der Waals surface area (Å²) in [6.45, 7) is 0. The first-order chi connectivity index (χ1) is 25.1. The van der Waals surface area contributed by atoms with Crippen LogP contribution in [-0.2, 0) is 0 Å². The van der Waals surface area contributed by atoms with Gasteiger partial charge >= 0.3 is 24.1 Å². The number of halogens is 6. The van der Waals surface area contributed by atoms with Crippen molar-refractivity contribution >= 4 is 40.9 Å². The fourth-order valence-electron chi connectivity index (χ4n) is 4.49. The number of nitro benzene ring substituents is 2. The van der Waals surface area contributed by atoms with Crippen LogP contribution in [0.5, 0.6) is 23.3 Å². The molecule has 0 saturated carbocycles. The standard InChI is InChI=1S/C32H22F6N8O7/c1-51-26-16-19(12-14-25(26)52-24-15-13-22(45(47)48)17-23(24)46(49)50)18-39-43-28-40-29(42-30(41-28)53-27(31(33,34)35)32(36,37)38)44(20-8-4-2-5-9-20)21-10-6-3-7-11-21/h2-18,27H,1H3,(H,40,41,42,43)/b39-18+. The molecular weight excluding hydrogens is 722 g/mol. The van der Waals surface area contributed by atoms with Gasteiger partial charge in [-0.3, -0.25) is 25.1 Å². The number of hydrogen-bond acceptors (Lipinski definition) is 13. The van der Waals surface area contributed by atoms with Crippen LogP contribution in [0.3, 0.4) is 0 Å². The molecule has 21 heteroatoms. The van der Waals surface area contributed by atoms with E-state index in [9.17, 15) is 46.6 Å². The second-order valence-corrected chi connectivity index (χ2v) is 10.4. The maximum Gasteiger partial charge on any atom is 0.434 e. The first-order valence-corrected chi connectivity index (χ1v) is 14.7. The Morgan fingerprint density at radius 3 is 1.92 bits per heavy atom. The van der Waals surface area contributed by atoms with Gasteiger partial charge in [0.05, 0.1) is 29.2 Å². The number of alkyl halides is 6. The van der Waals surface area contributed by atoms with Crippen molar-refractivity contribution in [2.75, 3.05) is 17.4 Å². The Morgan fingerprint density at radius 2 is 1.38 bits per heavy atom. The number of non-ortho nitro benzene ring substituents is 1. The van der Waals surface area contributed by atoms with Crippen LogP contribution in [0.1, 0.15) is 5.56 Å². The number of methoxy groups -OCH3 is 1. The van der Waals surface area contributed by atoms with Crippen molar-refractivity contribution in [2.24, 2.45) is 5.10 Å². The summed E-state index contributed by atoms with van der Waals surface area (Å²) in [6.07, 6.45) is -14.9. The number of anilines is 4. The number of hydrazone groups is 1. The summed E-state index contributed by atoms with van der Waals surface area (Å²) in [7, 11) is 1.25. The third-order valence-electron chi connectivity index (χ3n) is 6.79. The van der Waals surface area contributed by atoms with Gasteiger partial charge in [-0.1, -0.05) is 36.4 Å². The molecule has 0 aliphatic heterocycles. The van der Waals surface area contributed by atoms with E-state index >= 15 is 0 Å². The number of para-hydroxylation sites is 2. The fourth-order valence-corrected chi connectivity index (χ4v) is 4.49. The van der Waals surface area contributed by atoms with E-state index in [1.165, 1.54) is 30.2 Å². The van der Waals surface area contributed by atoms with Crippen molar-refractivity contribution in [3.8, 4) is 23.3 Å². The van der Waals surface area contributed by atoms with Crippen LogP contribution in [0.15, 0.2) is 102 Å². The predicted octanol–water partition coefficient (Wildman–Crippen LogP) is 8.28. The van der Waals surface area contributed by atoms with Crippen LogP contribution in [0, 0.1) is 20.2 Å². The molecule has 5 rings (SSSR count). The Hall–Kier alpha value is -7.06. The van der Waals surface area contributed by atoms with Crippen molar-refractivity contribution in [1.82, 2.24) is 15.0 Å². The van der Waals surface area contributed by atoms with Crippen molar-refractivity contribution in [1.29, 1.82) is 0 Å². The highest BCUT2D eigenvalue weighted by Crippen LogP contribution is 2.39. The number of nitrogens with zero attached hydrogens (tertiary/aromatic N) is 7. The average molecular weight is 745 g/mol. The van der Waals surface area contributed by atoms with E-state index < -0.39 is 57.6 Å². The molecule has 0 spiro atoms. The van der Waals surface area contributed by atoms with Crippen LogP contribution in [0.4, 0.5) is 61.0 Å². The van der Waals surface area contributed by atoms with E-state index in [4.69, 9.17) is 9.47 Å². The number of ether oxygens (including phenoxy) is 3. The lowest BCUT2D eigenvalue weighted by atomic mass is 10.2. The van der Waals surface area contributed by atoms with Gasteiger partial charge in [0, 0.05) is 17.4 Å². The number of aromatic nitrogens is 3. The number of nitro groups is 2. The highest BCUT2D eigenvalue weighted by molar-refractivity contribution is 5.81. The van der Waals surface area contributed by atoms with Crippen LogP contribution in [0.2, 0.25) is 0 Å². The largest absolute Gasteiger partial charge is 0.493 e. The molecule has 0 bridgehead atoms. The zero-order chi connectivity index (χ0) is 38.3. The predicted molar refractivity (Wildman–Crippen MR) is 175 cm³/mol. The highest BCUT2D eigenvalue weighted by Gasteiger charge is 2.59. The first kappa shape index (κ1) is 37.2. The topological polar surface area (TPSA) is 180 Å². The molecule has 0 radical (unpaired) electrons. The Kier molecular flexibility index (Phi) is 10.8. The molecule has 1 N–H and O–H groups in total. The van der Waals surface area contributed by atoms with E-state index in [2.05, 4.69) is 30.2 Å². The summed E-state index contributed by atoms with van der Waals surface area (Å²) in [5.74, 6) is -1.39. The van der Waals surface area contributed by atoms with Crippen LogP contribution in [-0.4, -0.2) is 56.6 Å². The molecule has 5 aromatic rings. The number of nitrogens with one attached hydrogen (secondary N) is 1. The molecule has 0 amide bonds. The Morgan fingerprint density at radius 1 is 0.774 bits per heavy atom. The van der Waals surface area contributed by atoms with Crippen LogP contribution in [0.25, 0.3) is 0 Å². The smallest absolute Gasteiger partial charge is 0.434 e. The molecule has 1 heterocycles. The Bertz CT molecular complexity index is 2070. The molecule has 0 atom stereocenters. The molecule has 274 valence electrons. The minimum absolute atomic E-state index is 0.0199. The molecule has 0 aliphatic carbocycles. The summed E-state index contributed by atoms with van der Waals surface area (Å²) < 4.78 is 95.9. The molecule has 4 aromatic carbocycles. The lowest BCUT2D eigenvalue weighted by molar-refractivity contribution is -0.394. The second kappa shape index (κ2) is 15.4. The van der Waals surface area contributed by atoms with Gasteiger partial charge < -0.3 is 14.2 Å². The third-order valence-corrected chi connectivity index (χ3v) is 6.79. The molecular formula is C32H22F6N8O7. The van der Waals surface area contributed by atoms with Crippen LogP contribution < -0.4 is 24.5 Å². The summed E-state index contributed by atoms with van der Waals surface area (Å²) in [4.78, 5) is 33.8. The zero-order valence-corrected chi connectivity index (χ0v) is 26.6. The van der Waals surface area contributed by atoms with Gasteiger partial charge in [-0.15, -0.1) is 0 Å². The first-order valence-electron chi connectivity index (χ1n) is 14.7. The maximum atomic E-state index is 13.5. The van der Waals surface area contributed by atoms with Gasteiger partial charge in [0.25, 0.3) is 17.7 Å². The molecule has 0 unspecified atom stereocenters. The van der Waals surface area contributed by atoms with Gasteiger partial charge in [-0.25, -0.2) is 5.43 Å². The van der Waals surface area contributed by atoms with E-state index in [-0.39, 0.29) is 22.8 Å². The number of benzene rings is 4. The molecule has 0 fully saturated rings. The van der Waals surface area contributed by atoms with Gasteiger partial charge in [-0.05, 0) is 54.1 Å². The van der Waals surface area contributed by atoms with Crippen molar-refractivity contribution in [2.45, 2.75) is 18.5 Å². The van der Waals surface area contributed by atoms with Gasteiger partial charge in [0.15, 0.2) is 11.5 Å². The van der Waals surface area contributed by atoms with Crippen molar-refractivity contribution < 1.29 is 50.4 Å².